The van der Waals surface area contributed by atoms with Crippen LogP contribution in [-0.4, -0.2) is 15.0 Å². The van der Waals surface area contributed by atoms with Gasteiger partial charge in [0.25, 0.3) is 0 Å². The summed E-state index contributed by atoms with van der Waals surface area (Å²) in [4.78, 5) is 15.5. The van der Waals surface area contributed by atoms with Crippen molar-refractivity contribution in [2.45, 2.75) is 116 Å². The molecule has 0 bridgehead atoms. The van der Waals surface area contributed by atoms with Crippen molar-refractivity contribution in [3.8, 4) is 33.6 Å². The fourth-order valence-corrected chi connectivity index (χ4v) is 8.36. The van der Waals surface area contributed by atoms with Crippen LogP contribution < -0.4 is 0 Å². The third kappa shape index (κ3) is 9.07. The summed E-state index contributed by atoms with van der Waals surface area (Å²) >= 11 is 0. The van der Waals surface area contributed by atoms with E-state index in [1.54, 1.807) is 0 Å². The van der Waals surface area contributed by atoms with Gasteiger partial charge in [-0.15, -0.1) is 0 Å². The summed E-state index contributed by atoms with van der Waals surface area (Å²) in [5.74, 6) is 4.13. The molecule has 0 spiro atoms. The molecular formula is C51H57N3. The maximum atomic E-state index is 5.20. The van der Waals surface area contributed by atoms with Gasteiger partial charge in [0.2, 0.25) is 0 Å². The molecular weight excluding hydrogens is 655 g/mol. The van der Waals surface area contributed by atoms with E-state index in [4.69, 9.17) is 15.0 Å². The van der Waals surface area contributed by atoms with Gasteiger partial charge in [0, 0.05) is 17.4 Å². The number of rotatable bonds is 13. The van der Waals surface area contributed by atoms with Crippen LogP contribution in [0.25, 0.3) is 33.6 Å². The van der Waals surface area contributed by atoms with Gasteiger partial charge in [-0.3, -0.25) is 0 Å². The Labute approximate surface area is 324 Å². The minimum absolute atomic E-state index is 0.0179. The fraction of sp³-hybridized carbons (Fsp3) is 0.353. The summed E-state index contributed by atoms with van der Waals surface area (Å²) in [7, 11) is 0. The zero-order valence-corrected chi connectivity index (χ0v) is 33.1. The van der Waals surface area contributed by atoms with Crippen LogP contribution in [0.15, 0.2) is 127 Å². The van der Waals surface area contributed by atoms with Gasteiger partial charge in [0.15, 0.2) is 5.82 Å². The lowest BCUT2D eigenvalue weighted by Crippen LogP contribution is -2.20. The number of unbranched alkanes of at least 4 members (excludes halogenated alkanes) is 2. The van der Waals surface area contributed by atoms with Crippen molar-refractivity contribution in [1.82, 2.24) is 15.0 Å². The molecule has 276 valence electrons. The SMILES string of the molecule is CCCCCC(C)c1nc(-c2ccc(CC(C)(C)c3ccc(-c4ccc(-c5ccccc5)cc4)cc3)cc2)nc(C2CCC(c3cccc(C)c3)CC2)n1. The van der Waals surface area contributed by atoms with Crippen LogP contribution in [0.5, 0.6) is 0 Å². The normalized spacial score (nSPS) is 16.6. The van der Waals surface area contributed by atoms with E-state index in [0.29, 0.717) is 17.8 Å². The molecule has 7 rings (SSSR count). The number of aryl methyl sites for hydroxylation is 1. The predicted octanol–water partition coefficient (Wildman–Crippen LogP) is 13.8. The number of aromatic nitrogens is 3. The van der Waals surface area contributed by atoms with Gasteiger partial charge in [-0.2, -0.15) is 0 Å². The molecule has 1 saturated carbocycles. The van der Waals surface area contributed by atoms with Crippen LogP contribution in [-0.2, 0) is 11.8 Å². The molecule has 1 aliphatic carbocycles. The lowest BCUT2D eigenvalue weighted by molar-refractivity contribution is 0.383. The van der Waals surface area contributed by atoms with E-state index >= 15 is 0 Å². The quantitative estimate of drug-likeness (QED) is 0.112. The molecule has 1 atom stereocenters. The molecule has 1 aliphatic rings. The van der Waals surface area contributed by atoms with Crippen LogP contribution in [0.1, 0.15) is 131 Å². The Morgan fingerprint density at radius 1 is 0.611 bits per heavy atom. The van der Waals surface area contributed by atoms with E-state index in [9.17, 15) is 0 Å². The lowest BCUT2D eigenvalue weighted by atomic mass is 9.78. The molecule has 0 radical (unpaired) electrons. The largest absolute Gasteiger partial charge is 0.217 e. The highest BCUT2D eigenvalue weighted by molar-refractivity contribution is 5.70. The summed E-state index contributed by atoms with van der Waals surface area (Å²) < 4.78 is 0. The Morgan fingerprint density at radius 2 is 1.20 bits per heavy atom. The maximum Gasteiger partial charge on any atom is 0.163 e. The molecule has 0 N–H and O–H groups in total. The zero-order valence-electron chi connectivity index (χ0n) is 33.1. The average molecular weight is 712 g/mol. The Kier molecular flexibility index (Phi) is 11.8. The number of nitrogens with zero attached hydrogens (tertiary/aromatic N) is 3. The van der Waals surface area contributed by atoms with Gasteiger partial charge in [-0.25, -0.2) is 15.0 Å². The first kappa shape index (κ1) is 37.4. The van der Waals surface area contributed by atoms with Crippen molar-refractivity contribution in [2.75, 3.05) is 0 Å². The molecule has 1 heterocycles. The van der Waals surface area contributed by atoms with E-state index in [1.165, 1.54) is 76.6 Å². The first-order valence-corrected chi connectivity index (χ1v) is 20.4. The Morgan fingerprint density at radius 3 is 1.83 bits per heavy atom. The van der Waals surface area contributed by atoms with Crippen LogP contribution in [0.3, 0.4) is 0 Å². The maximum absolute atomic E-state index is 5.20. The van der Waals surface area contributed by atoms with Crippen molar-refractivity contribution in [3.63, 3.8) is 0 Å². The van der Waals surface area contributed by atoms with Gasteiger partial charge in [0.1, 0.15) is 11.6 Å². The molecule has 3 heteroatoms. The summed E-state index contributed by atoms with van der Waals surface area (Å²) in [5, 5.41) is 0. The molecule has 1 unspecified atom stereocenters. The number of hydrogen-bond acceptors (Lipinski definition) is 3. The van der Waals surface area contributed by atoms with Gasteiger partial charge in [-0.1, -0.05) is 180 Å². The summed E-state index contributed by atoms with van der Waals surface area (Å²) in [6.07, 6.45) is 10.4. The summed E-state index contributed by atoms with van der Waals surface area (Å²) in [6, 6.07) is 46.7. The lowest BCUT2D eigenvalue weighted by Gasteiger charge is -2.28. The first-order chi connectivity index (χ1) is 26.3. The van der Waals surface area contributed by atoms with Crippen molar-refractivity contribution >= 4 is 0 Å². The zero-order chi connectivity index (χ0) is 37.5. The van der Waals surface area contributed by atoms with Crippen molar-refractivity contribution in [2.24, 2.45) is 0 Å². The van der Waals surface area contributed by atoms with Crippen LogP contribution in [0.2, 0.25) is 0 Å². The molecule has 6 aromatic rings. The van der Waals surface area contributed by atoms with E-state index in [-0.39, 0.29) is 5.41 Å². The molecule has 1 aromatic heterocycles. The Hall–Kier alpha value is -4.89. The summed E-state index contributed by atoms with van der Waals surface area (Å²) in [6.45, 7) is 11.5. The molecule has 0 aliphatic heterocycles. The predicted molar refractivity (Wildman–Crippen MR) is 227 cm³/mol. The van der Waals surface area contributed by atoms with E-state index in [0.717, 1.165) is 48.7 Å². The van der Waals surface area contributed by atoms with E-state index in [1.807, 2.05) is 0 Å². The highest BCUT2D eigenvalue weighted by Crippen LogP contribution is 2.40. The molecule has 1 fully saturated rings. The number of benzene rings is 5. The topological polar surface area (TPSA) is 38.7 Å². The third-order valence-electron chi connectivity index (χ3n) is 11.8. The van der Waals surface area contributed by atoms with Gasteiger partial charge in [-0.05, 0) is 95.7 Å². The summed E-state index contributed by atoms with van der Waals surface area (Å²) in [5.41, 5.74) is 11.5. The van der Waals surface area contributed by atoms with E-state index < -0.39 is 0 Å². The third-order valence-corrected chi connectivity index (χ3v) is 11.8. The van der Waals surface area contributed by atoms with Crippen molar-refractivity contribution in [1.29, 1.82) is 0 Å². The monoisotopic (exact) mass is 711 g/mol. The second-order valence-corrected chi connectivity index (χ2v) is 16.5. The Balaban J connectivity index is 1.05. The van der Waals surface area contributed by atoms with Crippen LogP contribution in [0.4, 0.5) is 0 Å². The van der Waals surface area contributed by atoms with Gasteiger partial charge >= 0.3 is 0 Å². The first-order valence-electron chi connectivity index (χ1n) is 20.4. The molecule has 3 nitrogen and oxygen atoms in total. The molecule has 5 aromatic carbocycles. The second kappa shape index (κ2) is 17.1. The minimum atomic E-state index is -0.0179. The molecule has 0 saturated heterocycles. The smallest absolute Gasteiger partial charge is 0.163 e. The molecule has 0 amide bonds. The van der Waals surface area contributed by atoms with Gasteiger partial charge in [0.05, 0.1) is 0 Å². The van der Waals surface area contributed by atoms with E-state index in [2.05, 4.69) is 162 Å². The van der Waals surface area contributed by atoms with Crippen LogP contribution in [0, 0.1) is 6.92 Å². The second-order valence-electron chi connectivity index (χ2n) is 16.5. The number of hydrogen-bond donors (Lipinski definition) is 0. The fourth-order valence-electron chi connectivity index (χ4n) is 8.36. The highest BCUT2D eigenvalue weighted by Gasteiger charge is 2.27. The highest BCUT2D eigenvalue weighted by atomic mass is 15.0. The van der Waals surface area contributed by atoms with Crippen molar-refractivity contribution < 1.29 is 0 Å². The minimum Gasteiger partial charge on any atom is -0.217 e. The average Bonchev–Trinajstić information content (AvgIpc) is 3.21. The Bertz CT molecular complexity index is 2090. The van der Waals surface area contributed by atoms with Crippen molar-refractivity contribution in [3.05, 3.63) is 161 Å². The standard InChI is InChI=1S/C51H57N3/c1-6-7-9-14-37(3)48-52-49(54-50(53-48)45-28-26-43(27-29-45)46-17-12-13-36(2)34-46)44-20-18-38(19-21-44)35-51(4,5)47-32-30-42(31-33-47)41-24-22-40(23-25-41)39-15-10-8-11-16-39/h8,10-13,15-25,30-34,37,43,45H,6-7,9,14,26-29,35H2,1-5H3. The van der Waals surface area contributed by atoms with Crippen LogP contribution >= 0.6 is 0 Å². The van der Waals surface area contributed by atoms with Gasteiger partial charge < -0.3 is 0 Å². The molecule has 54 heavy (non-hydrogen) atoms.